The van der Waals surface area contributed by atoms with Crippen LogP contribution in [0, 0.1) is 0 Å². The number of nitrogens with zero attached hydrogens (tertiary/aromatic N) is 2. The van der Waals surface area contributed by atoms with Crippen LogP contribution >= 0.6 is 11.3 Å². The van der Waals surface area contributed by atoms with Crippen molar-refractivity contribution in [3.63, 3.8) is 0 Å². The van der Waals surface area contributed by atoms with E-state index in [-0.39, 0.29) is 5.91 Å². The topological polar surface area (TPSA) is 37.6 Å². The maximum Gasteiger partial charge on any atom is 0.278 e. The average Bonchev–Trinajstić information content (AvgIpc) is 3.24. The lowest BCUT2D eigenvalue weighted by Gasteiger charge is -2.33. The number of carbonyl (C=O) groups excluding carboxylic acids is 1. The van der Waals surface area contributed by atoms with Crippen LogP contribution in [0.5, 0.6) is 0 Å². The quantitative estimate of drug-likeness (QED) is 0.701. The van der Waals surface area contributed by atoms with Crippen molar-refractivity contribution in [2.24, 2.45) is 0 Å². The van der Waals surface area contributed by atoms with Crippen LogP contribution in [0.2, 0.25) is 0 Å². The van der Waals surface area contributed by atoms with Crippen molar-refractivity contribution < 1.29 is 9.69 Å². The first-order chi connectivity index (χ1) is 14.8. The molecule has 2 aliphatic rings. The maximum absolute atomic E-state index is 13.1. The van der Waals surface area contributed by atoms with Crippen molar-refractivity contribution >= 4 is 33.0 Å². The second-order valence-corrected chi connectivity index (χ2v) is 9.40. The summed E-state index contributed by atoms with van der Waals surface area (Å²) in [6.07, 6.45) is 6.72. The van der Waals surface area contributed by atoms with E-state index in [1.54, 1.807) is 11.3 Å². The average molecular weight is 419 g/mol. The number of likely N-dealkylation sites (tertiary alicyclic amines) is 1. The molecule has 1 unspecified atom stereocenters. The molecule has 0 aliphatic carbocycles. The number of benzene rings is 2. The third-order valence-corrected chi connectivity index (χ3v) is 7.58. The van der Waals surface area contributed by atoms with Crippen LogP contribution in [0.25, 0.3) is 15.8 Å². The second kappa shape index (κ2) is 8.70. The fourth-order valence-corrected chi connectivity index (χ4v) is 5.90. The molecule has 2 atom stereocenters. The fraction of sp³-hybridized carbons (Fsp3) is 0.360. The summed E-state index contributed by atoms with van der Waals surface area (Å²) in [6, 6.07) is 19.2. The molecule has 1 amide bonds. The van der Waals surface area contributed by atoms with E-state index in [4.69, 9.17) is 4.98 Å². The SMILES string of the molecule is O=C(C[NH+]1CCCC[C@H]1c1nc2ccccc2s1)N1CC=C(c2ccccc2)CC1. The summed E-state index contributed by atoms with van der Waals surface area (Å²) in [6.45, 7) is 3.18. The number of fused-ring (bicyclic) bond motifs is 1. The Hall–Kier alpha value is -2.50. The van der Waals surface area contributed by atoms with Crippen molar-refractivity contribution in [2.45, 2.75) is 31.7 Å². The normalized spacial score (nSPS) is 22.1. The molecule has 1 saturated heterocycles. The van der Waals surface area contributed by atoms with Gasteiger partial charge in [0.05, 0.1) is 16.8 Å². The van der Waals surface area contributed by atoms with Crippen LogP contribution < -0.4 is 4.90 Å². The van der Waals surface area contributed by atoms with E-state index in [1.165, 1.54) is 38.6 Å². The molecule has 5 rings (SSSR count). The van der Waals surface area contributed by atoms with E-state index in [2.05, 4.69) is 54.6 Å². The molecule has 1 fully saturated rings. The Morgan fingerprint density at radius 1 is 1.10 bits per heavy atom. The van der Waals surface area contributed by atoms with E-state index >= 15 is 0 Å². The summed E-state index contributed by atoms with van der Waals surface area (Å²) >= 11 is 1.80. The number of hydrogen-bond acceptors (Lipinski definition) is 3. The van der Waals surface area contributed by atoms with Gasteiger partial charge in [0, 0.05) is 19.5 Å². The van der Waals surface area contributed by atoms with Gasteiger partial charge in [0.15, 0.2) is 11.6 Å². The Morgan fingerprint density at radius 2 is 1.93 bits per heavy atom. The molecule has 0 saturated carbocycles. The number of piperidine rings is 1. The van der Waals surface area contributed by atoms with E-state index in [0.717, 1.165) is 38.0 Å². The number of aromatic nitrogens is 1. The van der Waals surface area contributed by atoms with E-state index < -0.39 is 0 Å². The summed E-state index contributed by atoms with van der Waals surface area (Å²) in [5.74, 6) is 0.279. The molecule has 1 N–H and O–H groups in total. The Balaban J connectivity index is 1.27. The number of amides is 1. The molecule has 2 aromatic carbocycles. The van der Waals surface area contributed by atoms with Crippen LogP contribution in [0.15, 0.2) is 60.7 Å². The minimum Gasteiger partial charge on any atom is -0.334 e. The summed E-state index contributed by atoms with van der Waals surface area (Å²) in [7, 11) is 0. The van der Waals surface area contributed by atoms with Crippen molar-refractivity contribution in [1.29, 1.82) is 0 Å². The standard InChI is InChI=1S/C25H27N3OS/c29-24(27-16-13-20(14-17-27)19-8-2-1-3-9-19)18-28-15-7-6-11-22(28)25-26-21-10-4-5-12-23(21)30-25/h1-5,8-10,12-13,22H,6-7,11,14-18H2/p+1/t22-/m0/s1. The van der Waals surface area contributed by atoms with Crippen LogP contribution in [0.1, 0.15) is 42.3 Å². The molecule has 3 heterocycles. The van der Waals surface area contributed by atoms with Gasteiger partial charge in [-0.1, -0.05) is 48.5 Å². The Kier molecular flexibility index (Phi) is 5.65. The zero-order chi connectivity index (χ0) is 20.3. The van der Waals surface area contributed by atoms with Gasteiger partial charge in [-0.05, 0) is 42.5 Å². The highest BCUT2D eigenvalue weighted by Gasteiger charge is 2.33. The Morgan fingerprint density at radius 3 is 2.73 bits per heavy atom. The number of rotatable bonds is 4. The van der Waals surface area contributed by atoms with Crippen LogP contribution in [0.4, 0.5) is 0 Å². The molecular formula is C25H28N3OS+. The number of thiazole rings is 1. The lowest BCUT2D eigenvalue weighted by Crippen LogP contribution is -3.14. The first kappa shape index (κ1) is 19.5. The highest BCUT2D eigenvalue weighted by molar-refractivity contribution is 7.18. The van der Waals surface area contributed by atoms with Crippen LogP contribution in [0.3, 0.4) is 0 Å². The fourth-order valence-electron chi connectivity index (χ4n) is 4.74. The van der Waals surface area contributed by atoms with Crippen LogP contribution in [-0.2, 0) is 4.79 Å². The minimum absolute atomic E-state index is 0.279. The molecule has 2 aliphatic heterocycles. The van der Waals surface area contributed by atoms with Gasteiger partial charge >= 0.3 is 0 Å². The number of carbonyl (C=O) groups is 1. The van der Waals surface area contributed by atoms with Gasteiger partial charge in [-0.3, -0.25) is 4.79 Å². The summed E-state index contributed by atoms with van der Waals surface area (Å²) in [5.41, 5.74) is 3.72. The molecule has 30 heavy (non-hydrogen) atoms. The molecule has 0 radical (unpaired) electrons. The molecule has 1 aromatic heterocycles. The highest BCUT2D eigenvalue weighted by atomic mass is 32.1. The Labute approximate surface area is 181 Å². The lowest BCUT2D eigenvalue weighted by atomic mass is 9.99. The lowest BCUT2D eigenvalue weighted by molar-refractivity contribution is -0.929. The van der Waals surface area contributed by atoms with Crippen molar-refractivity contribution in [3.05, 3.63) is 71.2 Å². The number of para-hydroxylation sites is 1. The monoisotopic (exact) mass is 418 g/mol. The molecule has 0 spiro atoms. The van der Waals surface area contributed by atoms with Crippen LogP contribution in [-0.4, -0.2) is 42.0 Å². The van der Waals surface area contributed by atoms with Crippen molar-refractivity contribution in [3.8, 4) is 0 Å². The van der Waals surface area contributed by atoms with E-state index in [1.807, 2.05) is 11.0 Å². The number of quaternary nitrogens is 1. The largest absolute Gasteiger partial charge is 0.334 e. The van der Waals surface area contributed by atoms with Gasteiger partial charge in [-0.25, -0.2) is 4.98 Å². The maximum atomic E-state index is 13.1. The predicted octanol–water partition coefficient (Wildman–Crippen LogP) is 3.72. The zero-order valence-electron chi connectivity index (χ0n) is 17.2. The second-order valence-electron chi connectivity index (χ2n) is 8.34. The summed E-state index contributed by atoms with van der Waals surface area (Å²) in [4.78, 5) is 21.5. The number of nitrogens with one attached hydrogen (secondary N) is 1. The smallest absolute Gasteiger partial charge is 0.278 e. The highest BCUT2D eigenvalue weighted by Crippen LogP contribution is 2.28. The van der Waals surface area contributed by atoms with Gasteiger partial charge in [-0.2, -0.15) is 0 Å². The third-order valence-electron chi connectivity index (χ3n) is 6.43. The van der Waals surface area contributed by atoms with Gasteiger partial charge in [0.25, 0.3) is 5.91 Å². The molecular weight excluding hydrogens is 390 g/mol. The molecule has 5 heteroatoms. The summed E-state index contributed by atoms with van der Waals surface area (Å²) in [5, 5.41) is 1.20. The van der Waals surface area contributed by atoms with Gasteiger partial charge in [0.2, 0.25) is 0 Å². The minimum atomic E-state index is 0.279. The van der Waals surface area contributed by atoms with Gasteiger partial charge < -0.3 is 9.80 Å². The van der Waals surface area contributed by atoms with Crippen molar-refractivity contribution in [1.82, 2.24) is 9.88 Å². The number of hydrogen-bond donors (Lipinski definition) is 1. The van der Waals surface area contributed by atoms with Gasteiger partial charge in [-0.15, -0.1) is 11.3 Å². The predicted molar refractivity (Wildman–Crippen MR) is 123 cm³/mol. The van der Waals surface area contributed by atoms with Crippen molar-refractivity contribution in [2.75, 3.05) is 26.2 Å². The van der Waals surface area contributed by atoms with E-state index in [9.17, 15) is 4.79 Å². The summed E-state index contributed by atoms with van der Waals surface area (Å²) < 4.78 is 1.25. The molecule has 4 nitrogen and oxygen atoms in total. The molecule has 154 valence electrons. The molecule has 0 bridgehead atoms. The first-order valence-electron chi connectivity index (χ1n) is 11.0. The first-order valence-corrected chi connectivity index (χ1v) is 11.8. The third kappa shape index (κ3) is 4.05. The van der Waals surface area contributed by atoms with Gasteiger partial charge in [0.1, 0.15) is 6.04 Å². The van der Waals surface area contributed by atoms with E-state index in [0.29, 0.717) is 12.6 Å². The zero-order valence-corrected chi connectivity index (χ0v) is 18.0. The molecule has 3 aromatic rings. The Bertz CT molecular complexity index is 1030.